The number of carbonyl (C=O) groups is 4. The van der Waals surface area contributed by atoms with Gasteiger partial charge in [0.15, 0.2) is 12.1 Å². The van der Waals surface area contributed by atoms with Crippen molar-refractivity contribution in [3.8, 4) is 5.75 Å². The van der Waals surface area contributed by atoms with E-state index in [0.29, 0.717) is 70.1 Å². The van der Waals surface area contributed by atoms with E-state index in [2.05, 4.69) is 15.5 Å². The fourth-order valence-corrected chi connectivity index (χ4v) is 5.56. The lowest BCUT2D eigenvalue weighted by Gasteiger charge is -2.24. The number of carbonyl (C=O) groups excluding carboxylic acids is 3. The van der Waals surface area contributed by atoms with E-state index in [-0.39, 0.29) is 35.8 Å². The zero-order valence-electron chi connectivity index (χ0n) is 24.6. The molecular weight excluding hydrogens is 558 g/mol. The molecule has 2 aliphatic rings. The maximum Gasteiger partial charge on any atom is 0.290 e. The molecule has 0 radical (unpaired) electrons. The van der Waals surface area contributed by atoms with Crippen LogP contribution in [0.1, 0.15) is 57.6 Å². The van der Waals surface area contributed by atoms with E-state index in [1.807, 2.05) is 38.1 Å². The lowest BCUT2D eigenvalue weighted by molar-refractivity contribution is -0.130. The summed E-state index contributed by atoms with van der Waals surface area (Å²) in [6.07, 6.45) is 2.70. The molecule has 5 rings (SSSR count). The number of ether oxygens (including phenoxy) is 1. The van der Waals surface area contributed by atoms with Crippen molar-refractivity contribution in [2.24, 2.45) is 5.92 Å². The number of benzene rings is 1. The zero-order chi connectivity index (χ0) is 30.9. The molecule has 1 saturated heterocycles. The first-order valence-corrected chi connectivity index (χ1v) is 14.2. The molecule has 0 spiro atoms. The number of aryl methyl sites for hydroxylation is 3. The van der Waals surface area contributed by atoms with Gasteiger partial charge < -0.3 is 33.9 Å². The number of carboxylic acid groups (broad SMARTS) is 1. The summed E-state index contributed by atoms with van der Waals surface area (Å²) in [7, 11) is 0. The molecule has 3 amide bonds. The molecule has 13 nitrogen and oxygen atoms in total. The van der Waals surface area contributed by atoms with Gasteiger partial charge in [-0.2, -0.15) is 0 Å². The molecule has 2 aliphatic heterocycles. The van der Waals surface area contributed by atoms with Gasteiger partial charge in [0, 0.05) is 44.1 Å². The van der Waals surface area contributed by atoms with Gasteiger partial charge in [0.2, 0.25) is 11.8 Å². The third-order valence-electron chi connectivity index (χ3n) is 7.83. The normalized spacial score (nSPS) is 18.8. The van der Waals surface area contributed by atoms with Gasteiger partial charge in [-0.3, -0.25) is 19.2 Å². The first-order valence-electron chi connectivity index (χ1n) is 14.2. The van der Waals surface area contributed by atoms with Crippen LogP contribution >= 0.6 is 0 Å². The Balaban J connectivity index is 0.00000135. The summed E-state index contributed by atoms with van der Waals surface area (Å²) >= 11 is 0. The van der Waals surface area contributed by atoms with Crippen molar-refractivity contribution in [1.29, 1.82) is 0 Å². The molecule has 2 N–H and O–H groups in total. The molecule has 3 aromatic rings. The predicted molar refractivity (Wildman–Crippen MR) is 153 cm³/mol. The number of amides is 3. The quantitative estimate of drug-likeness (QED) is 0.428. The number of aromatic nitrogens is 2. The maximum absolute atomic E-state index is 13.4. The summed E-state index contributed by atoms with van der Waals surface area (Å²) in [6.45, 7) is 7.48. The number of hydrogen-bond acceptors (Lipinski definition) is 9. The second-order valence-electron chi connectivity index (χ2n) is 10.5. The summed E-state index contributed by atoms with van der Waals surface area (Å²) in [5, 5.41) is 13.9. The van der Waals surface area contributed by atoms with E-state index < -0.39 is 5.92 Å². The van der Waals surface area contributed by atoms with Crippen molar-refractivity contribution in [3.05, 3.63) is 64.7 Å². The fourth-order valence-electron chi connectivity index (χ4n) is 5.56. The second-order valence-corrected chi connectivity index (χ2v) is 10.5. The number of hydrogen-bond donors (Lipinski definition) is 2. The molecule has 4 heterocycles. The molecule has 0 saturated carbocycles. The Morgan fingerprint density at radius 1 is 1.12 bits per heavy atom. The first kappa shape index (κ1) is 31.3. The largest absolute Gasteiger partial charge is 0.492 e. The van der Waals surface area contributed by atoms with Crippen LogP contribution in [0.3, 0.4) is 0 Å². The SMILES string of the molecule is Cc1noc(C)c1CCC(=O)N1C[C@@H]2C(=O)NCCCN(C(=O)c3ncoc3C)CCOc3cccc(c3)[C@H]2C1.O=CO. The topological polar surface area (TPSA) is 168 Å². The Morgan fingerprint density at radius 2 is 1.88 bits per heavy atom. The van der Waals surface area contributed by atoms with E-state index >= 15 is 0 Å². The number of likely N-dealkylation sites (tertiary alicyclic amines) is 1. The van der Waals surface area contributed by atoms with Crippen molar-refractivity contribution in [1.82, 2.24) is 25.3 Å². The molecule has 0 aliphatic carbocycles. The van der Waals surface area contributed by atoms with Crippen molar-refractivity contribution in [2.45, 2.75) is 46.0 Å². The summed E-state index contributed by atoms with van der Waals surface area (Å²) < 4.78 is 16.5. The number of oxazole rings is 1. The van der Waals surface area contributed by atoms with Crippen molar-refractivity contribution >= 4 is 24.2 Å². The van der Waals surface area contributed by atoms with Gasteiger partial charge in [-0.25, -0.2) is 4.98 Å². The van der Waals surface area contributed by atoms with Crippen LogP contribution in [-0.2, 0) is 20.8 Å². The number of fused-ring (bicyclic) bond motifs is 4. The van der Waals surface area contributed by atoms with Crippen LogP contribution < -0.4 is 10.1 Å². The molecule has 2 atom stereocenters. The molecule has 2 aromatic heterocycles. The van der Waals surface area contributed by atoms with E-state index in [0.717, 1.165) is 22.6 Å². The van der Waals surface area contributed by atoms with Crippen LogP contribution in [-0.4, -0.2) is 88.6 Å². The molecular formula is C30H37N5O8. The molecule has 2 bridgehead atoms. The first-order chi connectivity index (χ1) is 20.7. The summed E-state index contributed by atoms with van der Waals surface area (Å²) in [6, 6.07) is 7.67. The van der Waals surface area contributed by atoms with Gasteiger partial charge in [-0.05, 0) is 51.3 Å². The standard InChI is InChI=1S/C29H35N5O6.CH2O2/c1-18-23(19(2)40-32-18)8-9-26(35)34-15-24-21-6-4-7-22(14-21)38-13-12-33(29(37)27-20(3)39-17-31-27)11-5-10-30-28(36)25(24)16-34;2-1-3/h4,6-7,14,17,24-25H,5,8-13,15-16H2,1-3H3,(H,30,36);1H,(H,2,3)/t24-,25+;/m1./s1. The highest BCUT2D eigenvalue weighted by atomic mass is 16.5. The summed E-state index contributed by atoms with van der Waals surface area (Å²) in [5.74, 6) is 0.976. The van der Waals surface area contributed by atoms with Crippen LogP contribution in [0.5, 0.6) is 5.75 Å². The highest BCUT2D eigenvalue weighted by molar-refractivity contribution is 5.93. The molecule has 0 unspecified atom stereocenters. The average molecular weight is 596 g/mol. The lowest BCUT2D eigenvalue weighted by Crippen LogP contribution is -2.39. The summed E-state index contributed by atoms with van der Waals surface area (Å²) in [4.78, 5) is 55.6. The predicted octanol–water partition coefficient (Wildman–Crippen LogP) is 2.50. The minimum atomic E-state index is -0.392. The maximum atomic E-state index is 13.4. The van der Waals surface area contributed by atoms with Crippen LogP contribution in [0.25, 0.3) is 0 Å². The van der Waals surface area contributed by atoms with Crippen molar-refractivity contribution in [3.63, 3.8) is 0 Å². The van der Waals surface area contributed by atoms with Gasteiger partial charge in [-0.15, -0.1) is 0 Å². The van der Waals surface area contributed by atoms with Gasteiger partial charge >= 0.3 is 0 Å². The Morgan fingerprint density at radius 3 is 2.58 bits per heavy atom. The van der Waals surface area contributed by atoms with Crippen molar-refractivity contribution < 1.29 is 38.0 Å². The second kappa shape index (κ2) is 14.5. The van der Waals surface area contributed by atoms with E-state index in [9.17, 15) is 14.4 Å². The van der Waals surface area contributed by atoms with Gasteiger partial charge in [-0.1, -0.05) is 17.3 Å². The number of rotatable bonds is 4. The molecule has 1 fully saturated rings. The van der Waals surface area contributed by atoms with E-state index in [4.69, 9.17) is 23.6 Å². The molecule has 230 valence electrons. The highest BCUT2D eigenvalue weighted by Crippen LogP contribution is 2.35. The minimum absolute atomic E-state index is 0.00271. The van der Waals surface area contributed by atoms with Crippen LogP contribution in [0.2, 0.25) is 0 Å². The van der Waals surface area contributed by atoms with Crippen LogP contribution in [0, 0.1) is 26.7 Å². The zero-order valence-corrected chi connectivity index (χ0v) is 24.6. The van der Waals surface area contributed by atoms with E-state index in [1.165, 1.54) is 6.39 Å². The van der Waals surface area contributed by atoms with Gasteiger partial charge in [0.25, 0.3) is 12.4 Å². The van der Waals surface area contributed by atoms with Crippen LogP contribution in [0.15, 0.2) is 39.6 Å². The Kier molecular flexibility index (Phi) is 10.5. The van der Waals surface area contributed by atoms with Gasteiger partial charge in [0.1, 0.15) is 23.9 Å². The molecule has 13 heteroatoms. The molecule has 1 aromatic carbocycles. The monoisotopic (exact) mass is 595 g/mol. The Labute approximate surface area is 249 Å². The smallest absolute Gasteiger partial charge is 0.290 e. The van der Waals surface area contributed by atoms with E-state index in [1.54, 1.807) is 16.7 Å². The lowest BCUT2D eigenvalue weighted by atomic mass is 9.88. The Bertz CT molecular complexity index is 1410. The number of nitrogens with zero attached hydrogens (tertiary/aromatic N) is 4. The van der Waals surface area contributed by atoms with Crippen molar-refractivity contribution in [2.75, 3.05) is 39.3 Å². The fraction of sp³-hybridized carbons (Fsp3) is 0.467. The third kappa shape index (κ3) is 7.59. The highest BCUT2D eigenvalue weighted by Gasteiger charge is 2.40. The van der Waals surface area contributed by atoms with Crippen LogP contribution in [0.4, 0.5) is 0 Å². The summed E-state index contributed by atoms with van der Waals surface area (Å²) in [5.41, 5.74) is 2.98. The molecule has 43 heavy (non-hydrogen) atoms. The third-order valence-corrected chi connectivity index (χ3v) is 7.83. The average Bonchev–Trinajstić information content (AvgIpc) is 3.71. The number of nitrogens with one attached hydrogen (secondary N) is 1. The van der Waals surface area contributed by atoms with Gasteiger partial charge in [0.05, 0.1) is 18.2 Å². The minimum Gasteiger partial charge on any atom is -0.492 e. The Hall–Kier alpha value is -4.68.